The number of ether oxygens (including phenoxy) is 1. The Morgan fingerprint density at radius 1 is 1.26 bits per heavy atom. The summed E-state index contributed by atoms with van der Waals surface area (Å²) in [5.41, 5.74) is 8.87. The second-order valence-electron chi connectivity index (χ2n) is 4.99. The average molecular weight is 264 g/mol. The van der Waals surface area contributed by atoms with E-state index in [2.05, 4.69) is 49.9 Å². The minimum Gasteiger partial charge on any atom is -0.380 e. The van der Waals surface area contributed by atoms with Crippen LogP contribution in [0.15, 0.2) is 24.3 Å². The molecule has 108 valence electrons. The molecule has 1 rings (SSSR count). The van der Waals surface area contributed by atoms with E-state index in [4.69, 9.17) is 10.5 Å². The highest BCUT2D eigenvalue weighted by Gasteiger charge is 2.23. The van der Waals surface area contributed by atoms with E-state index in [1.807, 2.05) is 6.92 Å². The molecule has 0 aliphatic rings. The molecule has 0 aliphatic heterocycles. The van der Waals surface area contributed by atoms with E-state index in [-0.39, 0.29) is 12.1 Å². The maximum absolute atomic E-state index is 6.24. The molecule has 0 bridgehead atoms. The van der Waals surface area contributed by atoms with Crippen molar-refractivity contribution in [2.75, 3.05) is 26.3 Å². The third kappa shape index (κ3) is 4.60. The van der Waals surface area contributed by atoms with Gasteiger partial charge in [0, 0.05) is 25.2 Å². The van der Waals surface area contributed by atoms with Crippen molar-refractivity contribution >= 4 is 0 Å². The van der Waals surface area contributed by atoms with Crippen molar-refractivity contribution in [3.8, 4) is 0 Å². The van der Waals surface area contributed by atoms with Crippen LogP contribution >= 0.6 is 0 Å². The van der Waals surface area contributed by atoms with Gasteiger partial charge in [0.2, 0.25) is 0 Å². The number of nitrogens with two attached hydrogens (primary N) is 1. The third-order valence-electron chi connectivity index (χ3n) is 3.53. The predicted molar refractivity (Wildman–Crippen MR) is 81.3 cm³/mol. The van der Waals surface area contributed by atoms with E-state index in [0.717, 1.165) is 26.3 Å². The Bertz CT molecular complexity index is 366. The normalized spacial score (nSPS) is 14.6. The fourth-order valence-corrected chi connectivity index (χ4v) is 2.55. The third-order valence-corrected chi connectivity index (χ3v) is 3.53. The number of hydrogen-bond acceptors (Lipinski definition) is 3. The van der Waals surface area contributed by atoms with Gasteiger partial charge < -0.3 is 10.5 Å². The highest BCUT2D eigenvalue weighted by Crippen LogP contribution is 2.25. The van der Waals surface area contributed by atoms with Crippen molar-refractivity contribution in [2.24, 2.45) is 5.73 Å². The standard InChI is InChI=1S/C16H28N2O/c1-5-18(11-12-19-6-2)16(14(4)17)15-10-8-7-9-13(15)3/h7-10,14,16H,5-6,11-12,17H2,1-4H3. The van der Waals surface area contributed by atoms with Crippen LogP contribution in [0.5, 0.6) is 0 Å². The van der Waals surface area contributed by atoms with Gasteiger partial charge in [0.1, 0.15) is 0 Å². The maximum Gasteiger partial charge on any atom is 0.0593 e. The fraction of sp³-hybridized carbons (Fsp3) is 0.625. The monoisotopic (exact) mass is 264 g/mol. The molecule has 0 aliphatic carbocycles. The van der Waals surface area contributed by atoms with Gasteiger partial charge in [-0.15, -0.1) is 0 Å². The molecular formula is C16H28N2O. The lowest BCUT2D eigenvalue weighted by Crippen LogP contribution is -2.41. The first-order chi connectivity index (χ1) is 9.11. The second kappa shape index (κ2) is 8.31. The Hall–Kier alpha value is -0.900. The molecule has 0 aromatic heterocycles. The van der Waals surface area contributed by atoms with Crippen molar-refractivity contribution in [3.63, 3.8) is 0 Å². The summed E-state index contributed by atoms with van der Waals surface area (Å²) in [5, 5.41) is 0. The van der Waals surface area contributed by atoms with Gasteiger partial charge in [-0.3, -0.25) is 4.90 Å². The molecule has 19 heavy (non-hydrogen) atoms. The molecule has 0 radical (unpaired) electrons. The average Bonchev–Trinajstić information content (AvgIpc) is 2.39. The first-order valence-corrected chi connectivity index (χ1v) is 7.24. The molecule has 0 saturated carbocycles. The van der Waals surface area contributed by atoms with Crippen LogP contribution in [0.4, 0.5) is 0 Å². The van der Waals surface area contributed by atoms with E-state index in [9.17, 15) is 0 Å². The molecule has 3 heteroatoms. The molecule has 2 N–H and O–H groups in total. The van der Waals surface area contributed by atoms with Crippen molar-refractivity contribution in [2.45, 2.75) is 39.8 Å². The summed E-state index contributed by atoms with van der Waals surface area (Å²) in [6.07, 6.45) is 0. The van der Waals surface area contributed by atoms with Crippen LogP contribution in [0.2, 0.25) is 0 Å². The van der Waals surface area contributed by atoms with Crippen LogP contribution in [0.1, 0.15) is 37.9 Å². The lowest BCUT2D eigenvalue weighted by atomic mass is 9.95. The fourth-order valence-electron chi connectivity index (χ4n) is 2.55. The summed E-state index contributed by atoms with van der Waals surface area (Å²) in [6.45, 7) is 11.9. The van der Waals surface area contributed by atoms with Gasteiger partial charge in [-0.2, -0.15) is 0 Å². The van der Waals surface area contributed by atoms with Crippen molar-refractivity contribution < 1.29 is 4.74 Å². The summed E-state index contributed by atoms with van der Waals surface area (Å²) in [5.74, 6) is 0. The number of rotatable bonds is 8. The summed E-state index contributed by atoms with van der Waals surface area (Å²) >= 11 is 0. The summed E-state index contributed by atoms with van der Waals surface area (Å²) in [6, 6.07) is 8.87. The topological polar surface area (TPSA) is 38.5 Å². The molecule has 0 heterocycles. The van der Waals surface area contributed by atoms with Gasteiger partial charge in [-0.1, -0.05) is 31.2 Å². The first kappa shape index (κ1) is 16.2. The number of hydrogen-bond donors (Lipinski definition) is 1. The maximum atomic E-state index is 6.24. The van der Waals surface area contributed by atoms with Gasteiger partial charge in [0.15, 0.2) is 0 Å². The van der Waals surface area contributed by atoms with Gasteiger partial charge in [0.05, 0.1) is 6.61 Å². The van der Waals surface area contributed by atoms with Crippen LogP contribution in [0, 0.1) is 6.92 Å². The smallest absolute Gasteiger partial charge is 0.0593 e. The Morgan fingerprint density at radius 3 is 2.47 bits per heavy atom. The second-order valence-corrected chi connectivity index (χ2v) is 4.99. The van der Waals surface area contributed by atoms with Crippen LogP contribution in [0.3, 0.4) is 0 Å². The molecule has 2 unspecified atom stereocenters. The number of likely N-dealkylation sites (N-methyl/N-ethyl adjacent to an activating group) is 1. The minimum absolute atomic E-state index is 0.0997. The van der Waals surface area contributed by atoms with Gasteiger partial charge >= 0.3 is 0 Å². The Balaban J connectivity index is 2.89. The van der Waals surface area contributed by atoms with Crippen molar-refractivity contribution in [1.29, 1.82) is 0 Å². The summed E-state index contributed by atoms with van der Waals surface area (Å²) in [4.78, 5) is 2.41. The van der Waals surface area contributed by atoms with Gasteiger partial charge in [-0.25, -0.2) is 0 Å². The van der Waals surface area contributed by atoms with Crippen LogP contribution in [0.25, 0.3) is 0 Å². The van der Waals surface area contributed by atoms with Gasteiger partial charge in [0.25, 0.3) is 0 Å². The van der Waals surface area contributed by atoms with E-state index in [1.54, 1.807) is 0 Å². The zero-order valence-electron chi connectivity index (χ0n) is 12.7. The number of aryl methyl sites for hydroxylation is 1. The molecule has 0 saturated heterocycles. The van der Waals surface area contributed by atoms with Crippen LogP contribution in [-0.4, -0.2) is 37.2 Å². The van der Waals surface area contributed by atoms with Crippen LogP contribution < -0.4 is 5.73 Å². The summed E-state index contributed by atoms with van der Waals surface area (Å²) < 4.78 is 5.48. The van der Waals surface area contributed by atoms with E-state index >= 15 is 0 Å². The predicted octanol–water partition coefficient (Wildman–Crippen LogP) is 2.74. The Morgan fingerprint density at radius 2 is 1.95 bits per heavy atom. The number of nitrogens with zero attached hydrogens (tertiary/aromatic N) is 1. The molecule has 1 aromatic rings. The quantitative estimate of drug-likeness (QED) is 0.734. The molecule has 2 atom stereocenters. The van der Waals surface area contributed by atoms with Crippen molar-refractivity contribution in [3.05, 3.63) is 35.4 Å². The molecule has 1 aromatic carbocycles. The SMILES string of the molecule is CCOCCN(CC)C(c1ccccc1C)C(C)N. The molecular weight excluding hydrogens is 236 g/mol. The molecule has 0 amide bonds. The van der Waals surface area contributed by atoms with Crippen LogP contribution in [-0.2, 0) is 4.74 Å². The zero-order chi connectivity index (χ0) is 14.3. The highest BCUT2D eigenvalue weighted by atomic mass is 16.5. The molecule has 0 spiro atoms. The largest absolute Gasteiger partial charge is 0.380 e. The summed E-state index contributed by atoms with van der Waals surface area (Å²) in [7, 11) is 0. The lowest BCUT2D eigenvalue weighted by molar-refractivity contribution is 0.0908. The molecule has 0 fully saturated rings. The van der Waals surface area contributed by atoms with E-state index < -0.39 is 0 Å². The molecule has 3 nitrogen and oxygen atoms in total. The highest BCUT2D eigenvalue weighted by molar-refractivity contribution is 5.29. The van der Waals surface area contributed by atoms with Gasteiger partial charge in [-0.05, 0) is 38.4 Å². The first-order valence-electron chi connectivity index (χ1n) is 7.24. The van der Waals surface area contributed by atoms with E-state index in [1.165, 1.54) is 11.1 Å². The lowest BCUT2D eigenvalue weighted by Gasteiger charge is -2.34. The zero-order valence-corrected chi connectivity index (χ0v) is 12.7. The minimum atomic E-state index is 0.0997. The Kier molecular flexibility index (Phi) is 7.06. The number of benzene rings is 1. The van der Waals surface area contributed by atoms with Crippen molar-refractivity contribution in [1.82, 2.24) is 4.90 Å². The van der Waals surface area contributed by atoms with E-state index in [0.29, 0.717) is 0 Å². The Labute approximate surface area is 117 Å².